The fourth-order valence-electron chi connectivity index (χ4n) is 3.43. The maximum absolute atomic E-state index is 13.0. The Hall–Kier alpha value is -0.800. The van der Waals surface area contributed by atoms with Crippen molar-refractivity contribution in [3.8, 4) is 0 Å². The van der Waals surface area contributed by atoms with E-state index < -0.39 is 33.7 Å². The molecule has 0 aromatic heterocycles. The number of hydrogen-bond acceptors (Lipinski definition) is 6. The molecule has 1 amide bonds. The summed E-state index contributed by atoms with van der Waals surface area (Å²) in [5.74, 6) is -0.729. The molecule has 0 aromatic carbocycles. The number of rotatable bonds is 6. The molecule has 2 unspecified atom stereocenters. The number of ether oxygens (including phenoxy) is 2. The summed E-state index contributed by atoms with van der Waals surface area (Å²) in [5, 5.41) is 0. The maximum Gasteiger partial charge on any atom is 0.343 e. The van der Waals surface area contributed by atoms with Crippen LogP contribution >= 0.6 is 43.6 Å². The van der Waals surface area contributed by atoms with Crippen LogP contribution in [0.2, 0.25) is 0 Å². The second-order valence-electron chi connectivity index (χ2n) is 7.40. The van der Waals surface area contributed by atoms with Crippen molar-refractivity contribution >= 4 is 62.0 Å². The topological polar surface area (TPSA) is 72.9 Å². The van der Waals surface area contributed by atoms with Gasteiger partial charge < -0.3 is 14.4 Å². The van der Waals surface area contributed by atoms with Crippen LogP contribution in [0.3, 0.4) is 0 Å². The summed E-state index contributed by atoms with van der Waals surface area (Å²) in [6.07, 6.45) is 2.71. The summed E-state index contributed by atoms with van der Waals surface area (Å²) in [5.41, 5.74) is 0.289. The number of esters is 2. The Bertz CT molecular complexity index is 713. The van der Waals surface area contributed by atoms with Gasteiger partial charge in [0.15, 0.2) is 5.76 Å². The number of carbonyl (C=O) groups is 3. The van der Waals surface area contributed by atoms with Gasteiger partial charge in [0.05, 0.1) is 10.4 Å². The molecule has 2 aliphatic heterocycles. The molecular formula is C18H23Br2NO5S. The molecule has 2 rings (SSSR count). The third-order valence-electron chi connectivity index (χ3n) is 4.48. The lowest BCUT2D eigenvalue weighted by atomic mass is 10.0. The molecule has 0 aliphatic carbocycles. The summed E-state index contributed by atoms with van der Waals surface area (Å²) in [6, 6.07) is -0.745. The van der Waals surface area contributed by atoms with E-state index in [2.05, 4.69) is 31.9 Å². The van der Waals surface area contributed by atoms with Crippen LogP contribution in [0.1, 0.15) is 47.5 Å². The molecule has 2 heterocycles. The van der Waals surface area contributed by atoms with E-state index in [0.29, 0.717) is 28.4 Å². The van der Waals surface area contributed by atoms with Gasteiger partial charge >= 0.3 is 11.9 Å². The minimum atomic E-state index is -0.745. The average molecular weight is 525 g/mol. The van der Waals surface area contributed by atoms with Crippen molar-refractivity contribution < 1.29 is 23.9 Å². The normalized spacial score (nSPS) is 24.3. The summed E-state index contributed by atoms with van der Waals surface area (Å²) >= 11 is 7.96. The molecule has 2 aliphatic rings. The van der Waals surface area contributed by atoms with Crippen molar-refractivity contribution in [3.63, 3.8) is 0 Å². The first-order chi connectivity index (χ1) is 12.4. The van der Waals surface area contributed by atoms with E-state index in [-0.39, 0.29) is 5.57 Å². The summed E-state index contributed by atoms with van der Waals surface area (Å²) in [4.78, 5) is 37.9. The Morgan fingerprint density at radius 1 is 1.41 bits per heavy atom. The molecular weight excluding hydrogens is 502 g/mol. The Balaban J connectivity index is 2.30. The monoisotopic (exact) mass is 523 g/mol. The Morgan fingerprint density at radius 3 is 2.52 bits per heavy atom. The lowest BCUT2D eigenvalue weighted by molar-refractivity contribution is -0.158. The van der Waals surface area contributed by atoms with Crippen molar-refractivity contribution in [1.29, 1.82) is 0 Å². The first-order valence-electron chi connectivity index (χ1n) is 8.58. The van der Waals surface area contributed by atoms with Crippen LogP contribution in [-0.2, 0) is 23.9 Å². The molecule has 150 valence electrons. The fraction of sp³-hybridized carbons (Fsp3) is 0.611. The van der Waals surface area contributed by atoms with Crippen LogP contribution in [0.25, 0.3) is 0 Å². The van der Waals surface area contributed by atoms with E-state index in [9.17, 15) is 14.4 Å². The first kappa shape index (κ1) is 22.5. The van der Waals surface area contributed by atoms with Crippen molar-refractivity contribution in [2.75, 3.05) is 0 Å². The smallest absolute Gasteiger partial charge is 0.343 e. The highest BCUT2D eigenvalue weighted by Crippen LogP contribution is 2.50. The molecule has 1 fully saturated rings. The molecule has 2 atom stereocenters. The van der Waals surface area contributed by atoms with Crippen molar-refractivity contribution in [2.24, 2.45) is 0 Å². The zero-order chi connectivity index (χ0) is 20.6. The quantitative estimate of drug-likeness (QED) is 0.382. The third-order valence-corrected chi connectivity index (χ3v) is 6.72. The fourth-order valence-corrected chi connectivity index (χ4v) is 5.69. The van der Waals surface area contributed by atoms with E-state index in [0.717, 1.165) is 0 Å². The third kappa shape index (κ3) is 4.62. The van der Waals surface area contributed by atoms with Crippen LogP contribution < -0.4 is 0 Å². The number of nitrogens with zero attached hydrogens (tertiary/aromatic N) is 1. The van der Waals surface area contributed by atoms with E-state index in [1.54, 1.807) is 6.08 Å². The van der Waals surface area contributed by atoms with Crippen LogP contribution in [-0.4, -0.2) is 45.0 Å². The van der Waals surface area contributed by atoms with Crippen LogP contribution in [0.5, 0.6) is 0 Å². The van der Waals surface area contributed by atoms with Crippen LogP contribution in [0.15, 0.2) is 20.8 Å². The van der Waals surface area contributed by atoms with Crippen molar-refractivity contribution in [2.45, 2.75) is 69.2 Å². The number of carbonyl (C=O) groups excluding carboxylic acids is 3. The van der Waals surface area contributed by atoms with Gasteiger partial charge in [0, 0.05) is 4.75 Å². The predicted octanol–water partition coefficient (Wildman–Crippen LogP) is 4.23. The average Bonchev–Trinajstić information content (AvgIpc) is 3.00. The molecule has 0 bridgehead atoms. The van der Waals surface area contributed by atoms with E-state index in [1.807, 2.05) is 34.6 Å². The number of allylic oxidation sites excluding steroid dienone is 1. The van der Waals surface area contributed by atoms with E-state index >= 15 is 0 Å². The highest BCUT2D eigenvalue weighted by molar-refractivity contribution is 9.28. The Kier molecular flexibility index (Phi) is 6.90. The second kappa shape index (κ2) is 8.29. The predicted molar refractivity (Wildman–Crippen MR) is 111 cm³/mol. The first-order valence-corrected chi connectivity index (χ1v) is 11.0. The van der Waals surface area contributed by atoms with Gasteiger partial charge in [-0.05, 0) is 72.1 Å². The van der Waals surface area contributed by atoms with Crippen LogP contribution in [0.4, 0.5) is 0 Å². The van der Waals surface area contributed by atoms with E-state index in [4.69, 9.17) is 9.47 Å². The second-order valence-corrected chi connectivity index (χ2v) is 12.3. The Morgan fingerprint density at radius 2 is 2.04 bits per heavy atom. The molecule has 0 spiro atoms. The number of thioether (sulfide) groups is 1. The van der Waals surface area contributed by atoms with Gasteiger partial charge in [0.2, 0.25) is 6.41 Å². The largest absolute Gasteiger partial charge is 0.456 e. The van der Waals surface area contributed by atoms with Gasteiger partial charge in [-0.15, -0.1) is 11.8 Å². The summed E-state index contributed by atoms with van der Waals surface area (Å²) in [6.45, 7) is 9.55. The molecule has 0 saturated carbocycles. The van der Waals surface area contributed by atoms with Gasteiger partial charge in [0.1, 0.15) is 15.5 Å². The molecule has 0 aromatic rings. The number of hydrogen-bond donors (Lipinski definition) is 0. The summed E-state index contributed by atoms with van der Waals surface area (Å²) < 4.78 is 10.9. The maximum atomic E-state index is 13.0. The highest BCUT2D eigenvalue weighted by atomic mass is 79.9. The zero-order valence-corrected chi connectivity index (χ0v) is 19.9. The molecule has 6 nitrogen and oxygen atoms in total. The standard InChI is InChI=1S/C18H23Br2NO5S/c1-6-7-11(10-8-12(14(19)20)26-15(10)23)25-16(24)13-17(2,3)27-18(4,5)21(13)9-22/h8-9,11,13H,6-7H2,1-5H3. The number of amides is 1. The lowest BCUT2D eigenvalue weighted by Gasteiger charge is -2.32. The molecule has 1 saturated heterocycles. The molecule has 0 N–H and O–H groups in total. The molecule has 0 radical (unpaired) electrons. The highest BCUT2D eigenvalue weighted by Gasteiger charge is 2.55. The van der Waals surface area contributed by atoms with Crippen molar-refractivity contribution in [1.82, 2.24) is 4.90 Å². The number of cyclic esters (lactones) is 1. The number of halogens is 2. The van der Waals surface area contributed by atoms with Gasteiger partial charge in [0.25, 0.3) is 0 Å². The van der Waals surface area contributed by atoms with E-state index in [1.165, 1.54) is 16.7 Å². The van der Waals surface area contributed by atoms with Crippen molar-refractivity contribution in [3.05, 3.63) is 20.8 Å². The summed E-state index contributed by atoms with van der Waals surface area (Å²) in [7, 11) is 0. The SMILES string of the molecule is CCCC(OC(=O)C1N(C=O)C(C)(C)SC1(C)C)C1=CC(=C(Br)Br)OC1=O. The Labute approximate surface area is 180 Å². The van der Waals surface area contributed by atoms with Gasteiger partial charge in [-0.1, -0.05) is 13.3 Å². The van der Waals surface area contributed by atoms with Crippen LogP contribution in [0, 0.1) is 0 Å². The minimum absolute atomic E-state index is 0.289. The van der Waals surface area contributed by atoms with Gasteiger partial charge in [-0.2, -0.15) is 0 Å². The molecule has 9 heteroatoms. The van der Waals surface area contributed by atoms with Gasteiger partial charge in [-0.25, -0.2) is 9.59 Å². The zero-order valence-electron chi connectivity index (χ0n) is 15.9. The molecule has 27 heavy (non-hydrogen) atoms. The van der Waals surface area contributed by atoms with Gasteiger partial charge in [-0.3, -0.25) is 4.79 Å². The lowest BCUT2D eigenvalue weighted by Crippen LogP contribution is -2.51. The minimum Gasteiger partial charge on any atom is -0.456 e.